The van der Waals surface area contributed by atoms with Crippen LogP contribution in [0, 0.1) is 12.3 Å². The molecule has 14 heavy (non-hydrogen) atoms. The van der Waals surface area contributed by atoms with Gasteiger partial charge in [-0.15, -0.1) is 6.42 Å². The number of rotatable bonds is 3. The summed E-state index contributed by atoms with van der Waals surface area (Å²) in [7, 11) is 0. The van der Waals surface area contributed by atoms with Gasteiger partial charge in [0.1, 0.15) is 0 Å². The van der Waals surface area contributed by atoms with Crippen molar-refractivity contribution in [1.82, 2.24) is 5.32 Å². The second-order valence-corrected chi connectivity index (χ2v) is 3.82. The van der Waals surface area contributed by atoms with E-state index < -0.39 is 0 Å². The van der Waals surface area contributed by atoms with Gasteiger partial charge in [0.25, 0.3) is 0 Å². The smallest absolute Gasteiger partial charge is 0.0578 e. The van der Waals surface area contributed by atoms with Gasteiger partial charge in [-0.05, 0) is 30.7 Å². The second-order valence-electron chi connectivity index (χ2n) is 2.97. The fraction of sp³-hybridized carbons (Fsp3) is 0.273. The van der Waals surface area contributed by atoms with Gasteiger partial charge in [0.2, 0.25) is 0 Å². The van der Waals surface area contributed by atoms with E-state index in [1.807, 2.05) is 13.0 Å². The van der Waals surface area contributed by atoms with E-state index in [9.17, 15) is 0 Å². The van der Waals surface area contributed by atoms with Crippen LogP contribution in [0.4, 0.5) is 0 Å². The third-order valence-corrected chi connectivity index (χ3v) is 2.51. The standard InChI is InChI=1S/C11H11Cl2N/c1-3-6-14-8(2)10-7-9(12)4-5-11(10)13/h1,4-5,7-8,14H,6H2,2H3. The van der Waals surface area contributed by atoms with Gasteiger partial charge in [-0.1, -0.05) is 29.1 Å². The van der Waals surface area contributed by atoms with Gasteiger partial charge in [-0.2, -0.15) is 0 Å². The molecular weight excluding hydrogens is 217 g/mol. The number of terminal acetylenes is 1. The Morgan fingerprint density at radius 3 is 2.86 bits per heavy atom. The lowest BCUT2D eigenvalue weighted by Gasteiger charge is -2.14. The van der Waals surface area contributed by atoms with Gasteiger partial charge in [0.15, 0.2) is 0 Å². The molecule has 0 amide bonds. The van der Waals surface area contributed by atoms with Gasteiger partial charge < -0.3 is 0 Å². The maximum Gasteiger partial charge on any atom is 0.0578 e. The fourth-order valence-corrected chi connectivity index (χ4v) is 1.63. The summed E-state index contributed by atoms with van der Waals surface area (Å²) in [4.78, 5) is 0. The van der Waals surface area contributed by atoms with Gasteiger partial charge in [0, 0.05) is 16.1 Å². The number of hydrogen-bond donors (Lipinski definition) is 1. The van der Waals surface area contributed by atoms with E-state index in [2.05, 4.69) is 11.2 Å². The lowest BCUT2D eigenvalue weighted by atomic mass is 10.1. The average Bonchev–Trinajstić information content (AvgIpc) is 2.18. The highest BCUT2D eigenvalue weighted by Crippen LogP contribution is 2.25. The minimum absolute atomic E-state index is 0.109. The van der Waals surface area contributed by atoms with E-state index in [1.54, 1.807) is 12.1 Å². The molecule has 1 aromatic carbocycles. The second kappa shape index (κ2) is 5.26. The highest BCUT2D eigenvalue weighted by molar-refractivity contribution is 6.33. The first-order chi connectivity index (χ1) is 6.65. The topological polar surface area (TPSA) is 12.0 Å². The van der Waals surface area contributed by atoms with Crippen LogP contribution < -0.4 is 5.32 Å². The minimum Gasteiger partial charge on any atom is -0.300 e. The summed E-state index contributed by atoms with van der Waals surface area (Å²) < 4.78 is 0. The first-order valence-corrected chi connectivity index (χ1v) is 5.02. The van der Waals surface area contributed by atoms with Crippen LogP contribution in [0.1, 0.15) is 18.5 Å². The minimum atomic E-state index is 0.109. The molecule has 1 nitrogen and oxygen atoms in total. The van der Waals surface area contributed by atoms with E-state index in [-0.39, 0.29) is 6.04 Å². The number of benzene rings is 1. The lowest BCUT2D eigenvalue weighted by Crippen LogP contribution is -2.18. The molecule has 0 aromatic heterocycles. The maximum absolute atomic E-state index is 6.02. The average molecular weight is 228 g/mol. The van der Waals surface area contributed by atoms with E-state index in [4.69, 9.17) is 29.6 Å². The summed E-state index contributed by atoms with van der Waals surface area (Å²) in [6, 6.07) is 5.50. The molecule has 0 fully saturated rings. The molecule has 1 N–H and O–H groups in total. The molecule has 3 heteroatoms. The van der Waals surface area contributed by atoms with Crippen molar-refractivity contribution in [3.63, 3.8) is 0 Å². The van der Waals surface area contributed by atoms with E-state index in [0.29, 0.717) is 16.6 Å². The zero-order valence-corrected chi connectivity index (χ0v) is 9.36. The molecule has 0 aliphatic heterocycles. The molecule has 0 bridgehead atoms. The molecule has 0 aliphatic rings. The van der Waals surface area contributed by atoms with Gasteiger partial charge in [-0.3, -0.25) is 5.32 Å². The summed E-state index contributed by atoms with van der Waals surface area (Å²) in [5.41, 5.74) is 0.967. The summed E-state index contributed by atoms with van der Waals surface area (Å²) >= 11 is 11.9. The quantitative estimate of drug-likeness (QED) is 0.783. The first kappa shape index (κ1) is 11.4. The van der Waals surface area contributed by atoms with E-state index >= 15 is 0 Å². The van der Waals surface area contributed by atoms with Crippen LogP contribution >= 0.6 is 23.2 Å². The zero-order chi connectivity index (χ0) is 10.6. The highest BCUT2D eigenvalue weighted by Gasteiger charge is 2.08. The van der Waals surface area contributed by atoms with Crippen LogP contribution in [0.5, 0.6) is 0 Å². The Morgan fingerprint density at radius 1 is 1.50 bits per heavy atom. The van der Waals surface area contributed by atoms with E-state index in [1.165, 1.54) is 0 Å². The van der Waals surface area contributed by atoms with Crippen LogP contribution in [0.25, 0.3) is 0 Å². The van der Waals surface area contributed by atoms with Crippen LogP contribution in [0.3, 0.4) is 0 Å². The van der Waals surface area contributed by atoms with Crippen molar-refractivity contribution in [3.8, 4) is 12.3 Å². The Morgan fingerprint density at radius 2 is 2.21 bits per heavy atom. The van der Waals surface area contributed by atoms with Crippen molar-refractivity contribution in [2.75, 3.05) is 6.54 Å². The number of nitrogens with one attached hydrogen (secondary N) is 1. The van der Waals surface area contributed by atoms with Crippen molar-refractivity contribution in [1.29, 1.82) is 0 Å². The normalized spacial score (nSPS) is 12.1. The molecule has 1 unspecified atom stereocenters. The summed E-state index contributed by atoms with van der Waals surface area (Å²) in [5.74, 6) is 2.52. The Hall–Kier alpha value is -0.680. The van der Waals surface area contributed by atoms with Crippen LogP contribution in [-0.4, -0.2) is 6.54 Å². The van der Waals surface area contributed by atoms with Crippen molar-refractivity contribution in [3.05, 3.63) is 33.8 Å². The van der Waals surface area contributed by atoms with Crippen molar-refractivity contribution in [2.24, 2.45) is 0 Å². The first-order valence-electron chi connectivity index (χ1n) is 4.27. The van der Waals surface area contributed by atoms with Crippen molar-refractivity contribution >= 4 is 23.2 Å². The molecule has 0 radical (unpaired) electrons. The Labute approximate surface area is 94.4 Å². The molecule has 0 aliphatic carbocycles. The Bertz CT molecular complexity index is 355. The largest absolute Gasteiger partial charge is 0.300 e. The molecule has 1 atom stereocenters. The SMILES string of the molecule is C#CCNC(C)c1cc(Cl)ccc1Cl. The fourth-order valence-electron chi connectivity index (χ4n) is 1.17. The van der Waals surface area contributed by atoms with Gasteiger partial charge >= 0.3 is 0 Å². The predicted molar refractivity (Wildman–Crippen MR) is 61.7 cm³/mol. The Kier molecular flexibility index (Phi) is 4.28. The molecule has 0 heterocycles. The molecule has 1 rings (SSSR count). The van der Waals surface area contributed by atoms with Crippen LogP contribution in [-0.2, 0) is 0 Å². The molecule has 74 valence electrons. The van der Waals surface area contributed by atoms with Crippen LogP contribution in [0.2, 0.25) is 10.0 Å². The predicted octanol–water partition coefficient (Wildman–Crippen LogP) is 3.28. The summed E-state index contributed by atoms with van der Waals surface area (Å²) in [6.07, 6.45) is 5.15. The summed E-state index contributed by atoms with van der Waals surface area (Å²) in [5, 5.41) is 4.52. The Balaban J connectivity index is 2.83. The van der Waals surface area contributed by atoms with Crippen LogP contribution in [0.15, 0.2) is 18.2 Å². The monoisotopic (exact) mass is 227 g/mol. The third kappa shape index (κ3) is 2.92. The third-order valence-electron chi connectivity index (χ3n) is 1.93. The van der Waals surface area contributed by atoms with Crippen molar-refractivity contribution in [2.45, 2.75) is 13.0 Å². The zero-order valence-electron chi connectivity index (χ0n) is 7.85. The molecule has 0 saturated heterocycles. The molecular formula is C11H11Cl2N. The van der Waals surface area contributed by atoms with Gasteiger partial charge in [-0.25, -0.2) is 0 Å². The van der Waals surface area contributed by atoms with Crippen molar-refractivity contribution < 1.29 is 0 Å². The molecule has 0 saturated carbocycles. The number of hydrogen-bond acceptors (Lipinski definition) is 1. The molecule has 1 aromatic rings. The van der Waals surface area contributed by atoms with E-state index in [0.717, 1.165) is 5.56 Å². The van der Waals surface area contributed by atoms with Gasteiger partial charge in [0.05, 0.1) is 6.54 Å². The highest BCUT2D eigenvalue weighted by atomic mass is 35.5. The maximum atomic E-state index is 6.02. The summed E-state index contributed by atoms with van der Waals surface area (Å²) in [6.45, 7) is 2.51. The number of halogens is 2. The molecule has 0 spiro atoms. The lowest BCUT2D eigenvalue weighted by molar-refractivity contribution is 0.623.